The van der Waals surface area contributed by atoms with Crippen molar-refractivity contribution in [3.05, 3.63) is 325 Å². The first-order valence-electron chi connectivity index (χ1n) is 31.4. The van der Waals surface area contributed by atoms with E-state index in [1.807, 2.05) is 0 Å². The van der Waals surface area contributed by atoms with E-state index >= 15 is 0 Å². The third-order valence-corrected chi connectivity index (χ3v) is 22.9. The van der Waals surface area contributed by atoms with Crippen molar-refractivity contribution in [2.45, 2.75) is 0 Å². The minimum atomic E-state index is -4.96. The van der Waals surface area contributed by atoms with Gasteiger partial charge in [-0.05, 0) is 146 Å². The summed E-state index contributed by atoms with van der Waals surface area (Å²) < 4.78 is 62.3. The molecule has 504 valence electrons. The molecule has 0 unspecified atom stereocenters. The molecule has 0 atom stereocenters. The lowest BCUT2D eigenvalue weighted by atomic mass is 10.2. The van der Waals surface area contributed by atoms with Gasteiger partial charge in [0.15, 0.2) is 0 Å². The van der Waals surface area contributed by atoms with Gasteiger partial charge in [0.1, 0.15) is 103 Å². The Kier molecular flexibility index (Phi) is 20.7. The molecule has 12 aromatic carbocycles. The van der Waals surface area contributed by atoms with Crippen LogP contribution in [0.25, 0.3) is 0 Å². The number of aromatic hydroxyl groups is 6. The van der Waals surface area contributed by atoms with Gasteiger partial charge in [0, 0.05) is 70.7 Å². The second-order valence-electron chi connectivity index (χ2n) is 22.0. The first-order chi connectivity index (χ1) is 49.9. The van der Waals surface area contributed by atoms with E-state index < -0.39 is 23.0 Å². The van der Waals surface area contributed by atoms with Crippen molar-refractivity contribution in [1.82, 2.24) is 0 Å². The first-order valence-corrected chi connectivity index (χ1v) is 36.0. The molecule has 1 aliphatic rings. The molecule has 13 rings (SSSR count). The number of benzene rings is 12. The maximum atomic E-state index is 11.0. The predicted molar refractivity (Wildman–Crippen MR) is 403 cm³/mol. The largest absolute Gasteiger partial charge is 0.506 e. The van der Waals surface area contributed by atoms with Gasteiger partial charge in [-0.3, -0.25) is 30.0 Å². The van der Waals surface area contributed by atoms with E-state index in [1.54, 1.807) is 255 Å². The zero-order valence-electron chi connectivity index (χ0n) is 53.7. The standard InChI is InChI=1S/C78H60N9O12P3/c88-67-37-13-7-31-61(67)79-49-55-25-1-19-43-73(55)94-100(95-74-44-20-2-26-56(74)50-80-62-32-8-14-38-68(62)89)85-101(96-75-45-21-3-27-57(75)51-81-63-33-9-15-39-69(63)90,97-76-46-22-4-28-58(76)52-82-64-34-10-16-40-70(64)91)87-102(86-100,98-77-47-23-5-29-59(77)53-83-65-35-11-17-41-71(65)92)99-78-48-24-6-30-60(78)54-84-66-36-12-18-42-72(66)93/h1-54,88-93H. The molecule has 24 heteroatoms. The highest BCUT2D eigenvalue weighted by atomic mass is 31.3. The molecule has 0 saturated heterocycles. The van der Waals surface area contributed by atoms with E-state index in [0.29, 0.717) is 33.4 Å². The maximum Gasteiger partial charge on any atom is 0.460 e. The number of hydrogen-bond donors (Lipinski definition) is 6. The van der Waals surface area contributed by atoms with Crippen LogP contribution >= 0.6 is 23.0 Å². The Morgan fingerprint density at radius 3 is 0.490 bits per heavy atom. The molecule has 21 nitrogen and oxygen atoms in total. The van der Waals surface area contributed by atoms with Crippen LogP contribution in [0.5, 0.6) is 69.0 Å². The van der Waals surface area contributed by atoms with E-state index in [-0.39, 0.29) is 103 Å². The van der Waals surface area contributed by atoms with Crippen LogP contribution in [0.4, 0.5) is 34.1 Å². The lowest BCUT2D eigenvalue weighted by Crippen LogP contribution is -2.13. The smallest absolute Gasteiger partial charge is 0.460 e. The average molecular weight is 1410 g/mol. The SMILES string of the molecule is Oc1ccccc1N=Cc1ccccc1OP1(Oc2ccccc2C=Nc2ccccc2O)=NP(Oc2ccccc2C=Nc2ccccc2O)(Oc2ccccc2C=Nc2ccccc2O)=NP(Oc2ccccc2C=Nc2ccccc2O)(Oc2ccccc2C=Nc2ccccc2O)=N1. The minimum Gasteiger partial charge on any atom is -0.506 e. The summed E-state index contributed by atoms with van der Waals surface area (Å²) in [5.74, 6) is -0.202. The fraction of sp³-hybridized carbons (Fsp3) is 0. The minimum absolute atomic E-state index is 0.0618. The first kappa shape index (κ1) is 67.5. The van der Waals surface area contributed by atoms with Crippen molar-refractivity contribution >= 4 is 94.4 Å². The molecule has 0 radical (unpaired) electrons. The molecule has 0 amide bonds. The Morgan fingerprint density at radius 2 is 0.333 bits per heavy atom. The molecule has 1 aliphatic heterocycles. The van der Waals surface area contributed by atoms with Crippen molar-refractivity contribution in [2.24, 2.45) is 43.5 Å². The van der Waals surface area contributed by atoms with Gasteiger partial charge < -0.3 is 57.8 Å². The van der Waals surface area contributed by atoms with Crippen molar-refractivity contribution in [1.29, 1.82) is 0 Å². The molecule has 0 bridgehead atoms. The monoisotopic (exact) mass is 1410 g/mol. The Labute approximate surface area is 586 Å². The van der Waals surface area contributed by atoms with Crippen molar-refractivity contribution in [3.8, 4) is 69.0 Å². The van der Waals surface area contributed by atoms with Crippen molar-refractivity contribution in [3.63, 3.8) is 0 Å². The molecular formula is C78H60N9O12P3. The third-order valence-electron chi connectivity index (χ3n) is 14.8. The summed E-state index contributed by atoms with van der Waals surface area (Å²) in [7, 11) is -14.9. The molecule has 12 aromatic rings. The number of para-hydroxylation sites is 18. The Hall–Kier alpha value is -13.1. The van der Waals surface area contributed by atoms with E-state index in [2.05, 4.69) is 0 Å². The zero-order valence-corrected chi connectivity index (χ0v) is 56.4. The maximum absolute atomic E-state index is 11.0. The van der Waals surface area contributed by atoms with Gasteiger partial charge in [0.25, 0.3) is 0 Å². The van der Waals surface area contributed by atoms with Crippen LogP contribution in [0.15, 0.2) is 335 Å². The molecule has 0 spiro atoms. The van der Waals surface area contributed by atoms with Crippen LogP contribution in [-0.4, -0.2) is 67.9 Å². The summed E-state index contributed by atoms with van der Waals surface area (Å²) in [6.45, 7) is 0. The summed E-state index contributed by atoms with van der Waals surface area (Å²) in [5.41, 5.74) is 3.38. The van der Waals surface area contributed by atoms with Crippen LogP contribution < -0.4 is 27.1 Å². The van der Waals surface area contributed by atoms with Gasteiger partial charge in [0.2, 0.25) is 0 Å². The van der Waals surface area contributed by atoms with Gasteiger partial charge in [0.05, 0.1) is 0 Å². The normalized spacial score (nSPS) is 16.6. The van der Waals surface area contributed by atoms with Gasteiger partial charge in [-0.25, -0.2) is 0 Å². The van der Waals surface area contributed by atoms with Crippen LogP contribution in [0.3, 0.4) is 0 Å². The lowest BCUT2D eigenvalue weighted by molar-refractivity contribution is 0.442. The van der Waals surface area contributed by atoms with Crippen molar-refractivity contribution in [2.75, 3.05) is 0 Å². The fourth-order valence-corrected chi connectivity index (χ4v) is 19.0. The van der Waals surface area contributed by atoms with Gasteiger partial charge in [-0.1, -0.05) is 159 Å². The average Bonchev–Trinajstić information content (AvgIpc) is 0.724. The number of rotatable bonds is 24. The predicted octanol–water partition coefficient (Wildman–Crippen LogP) is 21.0. The van der Waals surface area contributed by atoms with E-state index in [9.17, 15) is 30.6 Å². The molecular weight excluding hydrogens is 1350 g/mol. The number of nitrogens with zero attached hydrogens (tertiary/aromatic N) is 9. The Bertz CT molecular complexity index is 4590. The van der Waals surface area contributed by atoms with Crippen LogP contribution in [0.2, 0.25) is 0 Å². The topological polar surface area (TPSA) is 288 Å². The van der Waals surface area contributed by atoms with Gasteiger partial charge in [-0.15, -0.1) is 0 Å². The summed E-state index contributed by atoms with van der Waals surface area (Å²) in [5, 5.41) is 66.1. The van der Waals surface area contributed by atoms with Crippen LogP contribution in [0, 0.1) is 0 Å². The van der Waals surface area contributed by atoms with E-state index in [1.165, 1.54) is 73.7 Å². The summed E-state index contributed by atoms with van der Waals surface area (Å²) >= 11 is 0. The molecule has 0 aromatic heterocycles. The highest BCUT2D eigenvalue weighted by Crippen LogP contribution is 2.79. The van der Waals surface area contributed by atoms with Crippen molar-refractivity contribution < 1.29 is 57.8 Å². The lowest BCUT2D eigenvalue weighted by Gasteiger charge is -2.34. The van der Waals surface area contributed by atoms with Crippen LogP contribution in [0.1, 0.15) is 33.4 Å². The Morgan fingerprint density at radius 1 is 0.196 bits per heavy atom. The van der Waals surface area contributed by atoms with Crippen LogP contribution in [-0.2, 0) is 0 Å². The highest BCUT2D eigenvalue weighted by Gasteiger charge is 2.50. The second-order valence-corrected chi connectivity index (χ2v) is 28.2. The number of hydrogen-bond acceptors (Lipinski definition) is 21. The Balaban J connectivity index is 1.15. The summed E-state index contributed by atoms with van der Waals surface area (Å²) in [4.78, 5) is 28.3. The quantitative estimate of drug-likeness (QED) is 0.0243. The highest BCUT2D eigenvalue weighted by molar-refractivity contribution is 7.79. The summed E-state index contributed by atoms with van der Waals surface area (Å²) in [6, 6.07) is 80.4. The molecule has 1 heterocycles. The summed E-state index contributed by atoms with van der Waals surface area (Å²) in [6.07, 6.45) is 8.96. The second kappa shape index (κ2) is 31.2. The zero-order chi connectivity index (χ0) is 70.1. The number of phenols is 6. The third kappa shape index (κ3) is 16.6. The number of aliphatic imine (C=N–C) groups is 6. The molecule has 0 aliphatic carbocycles. The molecule has 0 saturated carbocycles. The van der Waals surface area contributed by atoms with Gasteiger partial charge in [-0.2, -0.15) is 0 Å². The number of phenolic OH excluding ortho intramolecular Hbond substituents is 6. The van der Waals surface area contributed by atoms with E-state index in [0.717, 1.165) is 0 Å². The van der Waals surface area contributed by atoms with Gasteiger partial charge >= 0.3 is 23.0 Å². The fourth-order valence-electron chi connectivity index (χ4n) is 9.82. The molecule has 0 fully saturated rings. The molecule has 6 N–H and O–H groups in total. The molecule has 102 heavy (non-hydrogen) atoms. The van der Waals surface area contributed by atoms with E-state index in [4.69, 9.17) is 70.6 Å².